The van der Waals surface area contributed by atoms with Crippen LogP contribution in [0.3, 0.4) is 0 Å². The molecular formula is C18H13Cl2F2N3O. The van der Waals surface area contributed by atoms with E-state index >= 15 is 0 Å². The van der Waals surface area contributed by atoms with Crippen molar-refractivity contribution in [1.29, 1.82) is 0 Å². The molecule has 26 heavy (non-hydrogen) atoms. The van der Waals surface area contributed by atoms with Crippen LogP contribution in [0.2, 0.25) is 10.0 Å². The Labute approximate surface area is 158 Å². The van der Waals surface area contributed by atoms with Crippen molar-refractivity contribution in [2.24, 2.45) is 0 Å². The lowest BCUT2D eigenvalue weighted by Gasteiger charge is -2.08. The minimum Gasteiger partial charge on any atom is -0.292 e. The number of benzene rings is 2. The highest BCUT2D eigenvalue weighted by molar-refractivity contribution is 6.35. The van der Waals surface area contributed by atoms with Crippen molar-refractivity contribution in [3.05, 3.63) is 81.6 Å². The Balaban J connectivity index is 1.71. The fourth-order valence-corrected chi connectivity index (χ4v) is 2.82. The standard InChI is InChI=1S/C18H13Cl2F2N3O/c19-13-5-4-11(15(20)10-13)9-17(26)16-6-7-25(24-16)23-14-3-1-2-12(8-14)18(21)22/h1-8,10,18,23H,9H2. The quantitative estimate of drug-likeness (QED) is 0.566. The molecule has 1 N–H and O–H groups in total. The number of anilines is 1. The van der Waals surface area contributed by atoms with E-state index in [4.69, 9.17) is 23.2 Å². The van der Waals surface area contributed by atoms with Crippen molar-refractivity contribution < 1.29 is 13.6 Å². The lowest BCUT2D eigenvalue weighted by Crippen LogP contribution is -2.12. The van der Waals surface area contributed by atoms with Crippen molar-refractivity contribution in [3.8, 4) is 0 Å². The Morgan fingerprint density at radius 2 is 1.96 bits per heavy atom. The Morgan fingerprint density at radius 3 is 2.69 bits per heavy atom. The van der Waals surface area contributed by atoms with Crippen molar-refractivity contribution >= 4 is 34.7 Å². The summed E-state index contributed by atoms with van der Waals surface area (Å²) in [6.45, 7) is 0. The van der Waals surface area contributed by atoms with Gasteiger partial charge in [0, 0.05) is 28.2 Å². The highest BCUT2D eigenvalue weighted by atomic mass is 35.5. The summed E-state index contributed by atoms with van der Waals surface area (Å²) in [5, 5.41) is 5.02. The summed E-state index contributed by atoms with van der Waals surface area (Å²) < 4.78 is 25.5. The first-order chi connectivity index (χ1) is 12.4. The van der Waals surface area contributed by atoms with Crippen LogP contribution in [0.5, 0.6) is 0 Å². The molecule has 0 bridgehead atoms. The minimum atomic E-state index is -2.56. The topological polar surface area (TPSA) is 46.9 Å². The van der Waals surface area contributed by atoms with Crippen LogP contribution in [0.1, 0.15) is 28.0 Å². The van der Waals surface area contributed by atoms with E-state index in [0.717, 1.165) is 0 Å². The van der Waals surface area contributed by atoms with Crippen molar-refractivity contribution in [2.75, 3.05) is 5.43 Å². The molecule has 0 unspecified atom stereocenters. The molecule has 3 rings (SSSR count). The van der Waals surface area contributed by atoms with Gasteiger partial charge in [0.15, 0.2) is 5.78 Å². The van der Waals surface area contributed by atoms with E-state index in [9.17, 15) is 13.6 Å². The summed E-state index contributed by atoms with van der Waals surface area (Å²) in [5.74, 6) is -0.226. The first kappa shape index (κ1) is 18.4. The van der Waals surface area contributed by atoms with Gasteiger partial charge in [-0.2, -0.15) is 4.79 Å². The third-order valence-corrected chi connectivity index (χ3v) is 4.21. The monoisotopic (exact) mass is 395 g/mol. The molecule has 0 aliphatic heterocycles. The molecule has 0 atom stereocenters. The van der Waals surface area contributed by atoms with Gasteiger partial charge in [-0.3, -0.25) is 10.2 Å². The molecule has 1 aromatic heterocycles. The second-order valence-corrected chi connectivity index (χ2v) is 6.36. The van der Waals surface area contributed by atoms with Gasteiger partial charge in [-0.15, -0.1) is 5.10 Å². The Hall–Kier alpha value is -2.44. The van der Waals surface area contributed by atoms with Gasteiger partial charge in [0.1, 0.15) is 5.69 Å². The lowest BCUT2D eigenvalue weighted by atomic mass is 10.1. The number of alkyl halides is 2. The molecule has 0 saturated carbocycles. The lowest BCUT2D eigenvalue weighted by molar-refractivity contribution is 0.0987. The number of ketones is 1. The van der Waals surface area contributed by atoms with Crippen LogP contribution in [-0.4, -0.2) is 15.7 Å². The molecule has 3 aromatic rings. The molecule has 0 aliphatic rings. The number of carbonyl (C=O) groups excluding carboxylic acids is 1. The smallest absolute Gasteiger partial charge is 0.263 e. The fourth-order valence-electron chi connectivity index (χ4n) is 2.34. The molecule has 0 spiro atoms. The van der Waals surface area contributed by atoms with E-state index in [1.165, 1.54) is 35.3 Å². The van der Waals surface area contributed by atoms with Crippen LogP contribution >= 0.6 is 23.2 Å². The van der Waals surface area contributed by atoms with Gasteiger partial charge in [0.25, 0.3) is 6.43 Å². The van der Waals surface area contributed by atoms with Gasteiger partial charge >= 0.3 is 0 Å². The molecule has 0 aliphatic carbocycles. The second kappa shape index (κ2) is 7.85. The van der Waals surface area contributed by atoms with Crippen LogP contribution in [-0.2, 0) is 6.42 Å². The van der Waals surface area contributed by atoms with E-state index in [2.05, 4.69) is 10.5 Å². The summed E-state index contributed by atoms with van der Waals surface area (Å²) in [6, 6.07) is 12.3. The highest BCUT2D eigenvalue weighted by Crippen LogP contribution is 2.23. The molecule has 0 saturated heterocycles. The van der Waals surface area contributed by atoms with Gasteiger partial charge < -0.3 is 0 Å². The predicted molar refractivity (Wildman–Crippen MR) is 97.1 cm³/mol. The maximum atomic E-state index is 12.7. The van der Waals surface area contributed by atoms with E-state index in [0.29, 0.717) is 21.3 Å². The zero-order valence-electron chi connectivity index (χ0n) is 13.3. The van der Waals surface area contributed by atoms with Gasteiger partial charge in [-0.05, 0) is 35.9 Å². The largest absolute Gasteiger partial charge is 0.292 e. The van der Waals surface area contributed by atoms with Crippen molar-refractivity contribution in [1.82, 2.24) is 9.89 Å². The average Bonchev–Trinajstić information content (AvgIpc) is 3.06. The third-order valence-electron chi connectivity index (χ3n) is 3.62. The molecule has 4 nitrogen and oxygen atoms in total. The normalized spacial score (nSPS) is 11.0. The van der Waals surface area contributed by atoms with E-state index in [-0.39, 0.29) is 23.5 Å². The maximum Gasteiger partial charge on any atom is 0.263 e. The number of Topliss-reactive ketones (excluding diaryl/α,β-unsaturated/α-hetero) is 1. The summed E-state index contributed by atoms with van der Waals surface area (Å²) in [6.07, 6.45) is -0.949. The van der Waals surface area contributed by atoms with E-state index in [1.807, 2.05) is 0 Å². The number of nitrogens with one attached hydrogen (secondary N) is 1. The van der Waals surface area contributed by atoms with Crippen molar-refractivity contribution in [2.45, 2.75) is 12.8 Å². The summed E-state index contributed by atoms with van der Waals surface area (Å²) in [7, 11) is 0. The molecule has 0 amide bonds. The maximum absolute atomic E-state index is 12.7. The highest BCUT2D eigenvalue weighted by Gasteiger charge is 2.13. The number of nitrogens with zero attached hydrogens (tertiary/aromatic N) is 2. The number of hydrogen-bond acceptors (Lipinski definition) is 3. The van der Waals surface area contributed by atoms with Crippen LogP contribution in [0, 0.1) is 0 Å². The van der Waals surface area contributed by atoms with E-state index < -0.39 is 6.43 Å². The first-order valence-corrected chi connectivity index (χ1v) is 8.36. The van der Waals surface area contributed by atoms with E-state index in [1.54, 1.807) is 24.3 Å². The number of rotatable bonds is 6. The number of hydrogen-bond donors (Lipinski definition) is 1. The van der Waals surface area contributed by atoms with Gasteiger partial charge in [0.05, 0.1) is 5.69 Å². The fraction of sp³-hybridized carbons (Fsp3) is 0.111. The zero-order valence-corrected chi connectivity index (χ0v) is 14.8. The molecule has 8 heteroatoms. The summed E-state index contributed by atoms with van der Waals surface area (Å²) >= 11 is 11.9. The number of aromatic nitrogens is 2. The zero-order chi connectivity index (χ0) is 18.7. The predicted octanol–water partition coefficient (Wildman–Crippen LogP) is 5.43. The minimum absolute atomic E-state index is 0.0773. The molecule has 2 aromatic carbocycles. The van der Waals surface area contributed by atoms with Crippen LogP contribution < -0.4 is 5.43 Å². The molecule has 134 valence electrons. The molecule has 1 heterocycles. The number of halogens is 4. The SMILES string of the molecule is O=C(Cc1ccc(Cl)cc1Cl)c1ccn(Nc2cccc(C(F)F)c2)n1. The first-order valence-electron chi connectivity index (χ1n) is 7.60. The second-order valence-electron chi connectivity index (χ2n) is 5.52. The molecule has 0 fully saturated rings. The Bertz CT molecular complexity index is 944. The number of carbonyl (C=O) groups is 1. The molecule has 0 radical (unpaired) electrons. The van der Waals surface area contributed by atoms with Crippen LogP contribution in [0.25, 0.3) is 0 Å². The van der Waals surface area contributed by atoms with Crippen molar-refractivity contribution in [3.63, 3.8) is 0 Å². The Morgan fingerprint density at radius 1 is 1.15 bits per heavy atom. The summed E-state index contributed by atoms with van der Waals surface area (Å²) in [4.78, 5) is 13.7. The van der Waals surface area contributed by atoms with Gasteiger partial charge in [-0.25, -0.2) is 8.78 Å². The van der Waals surface area contributed by atoms with Gasteiger partial charge in [-0.1, -0.05) is 41.4 Å². The Kier molecular flexibility index (Phi) is 5.54. The van der Waals surface area contributed by atoms with Crippen LogP contribution in [0.15, 0.2) is 54.7 Å². The average molecular weight is 396 g/mol. The molecular weight excluding hydrogens is 383 g/mol. The van der Waals surface area contributed by atoms with Gasteiger partial charge in [0.2, 0.25) is 0 Å². The van der Waals surface area contributed by atoms with Crippen LogP contribution in [0.4, 0.5) is 14.5 Å². The summed E-state index contributed by atoms with van der Waals surface area (Å²) in [5.41, 5.74) is 4.04. The third kappa shape index (κ3) is 4.39.